The van der Waals surface area contributed by atoms with E-state index in [9.17, 15) is 4.39 Å². The SMILES string of the molecule is Fc1ccc(C[C@H]2c3ccccc3CC[C@@H]2NCCc2c[nH]c3ccccc23)cc1.O=C(O)C(=O)O. The standard InChI is InChI=1S/C27H27FN2.C2H2O4/c28-22-12-9-19(10-13-22)17-25-23-6-2-1-5-20(23)11-14-27(25)29-16-15-21-18-30-26-8-4-3-7-24(21)26;3-1(4)2(5)6/h1-10,12-13,18,25,27,29-30H,11,14-17H2;(H,3,4)(H,5,6)/t25-,27-;/m0./s1. The van der Waals surface area contributed by atoms with Crippen LogP contribution in [0.2, 0.25) is 0 Å². The smallest absolute Gasteiger partial charge is 0.414 e. The van der Waals surface area contributed by atoms with Crippen molar-refractivity contribution in [2.24, 2.45) is 0 Å². The zero-order chi connectivity index (χ0) is 25.5. The van der Waals surface area contributed by atoms with Crippen molar-refractivity contribution in [2.45, 2.75) is 37.6 Å². The molecule has 0 spiro atoms. The molecule has 2 atom stereocenters. The number of aliphatic carboxylic acids is 2. The third-order valence-corrected chi connectivity index (χ3v) is 6.69. The number of H-pyrrole nitrogens is 1. The van der Waals surface area contributed by atoms with Crippen LogP contribution in [0.3, 0.4) is 0 Å². The average molecular weight is 489 g/mol. The van der Waals surface area contributed by atoms with Gasteiger partial charge in [0.25, 0.3) is 0 Å². The molecule has 3 aromatic carbocycles. The molecule has 0 radical (unpaired) electrons. The zero-order valence-corrected chi connectivity index (χ0v) is 19.8. The normalized spacial score (nSPS) is 16.6. The molecule has 36 heavy (non-hydrogen) atoms. The van der Waals surface area contributed by atoms with Gasteiger partial charge in [0.2, 0.25) is 0 Å². The lowest BCUT2D eigenvalue weighted by atomic mass is 9.76. The predicted molar refractivity (Wildman–Crippen MR) is 137 cm³/mol. The van der Waals surface area contributed by atoms with Crippen LogP contribution in [0.4, 0.5) is 4.39 Å². The fourth-order valence-electron chi connectivity index (χ4n) is 4.95. The number of aromatic amines is 1. The first kappa shape index (κ1) is 25.1. The second-order valence-corrected chi connectivity index (χ2v) is 8.95. The van der Waals surface area contributed by atoms with Crippen LogP contribution in [0.25, 0.3) is 10.9 Å². The monoisotopic (exact) mass is 488 g/mol. The molecule has 0 fully saturated rings. The first-order valence-corrected chi connectivity index (χ1v) is 12.0. The summed E-state index contributed by atoms with van der Waals surface area (Å²) in [6, 6.07) is 24.7. The highest BCUT2D eigenvalue weighted by Gasteiger charge is 2.29. The molecule has 1 heterocycles. The minimum absolute atomic E-state index is 0.170. The van der Waals surface area contributed by atoms with Gasteiger partial charge in [0.15, 0.2) is 0 Å². The van der Waals surface area contributed by atoms with E-state index in [0.717, 1.165) is 32.2 Å². The van der Waals surface area contributed by atoms with E-state index < -0.39 is 11.9 Å². The van der Waals surface area contributed by atoms with Crippen LogP contribution in [0, 0.1) is 5.82 Å². The zero-order valence-electron chi connectivity index (χ0n) is 19.8. The summed E-state index contributed by atoms with van der Waals surface area (Å²) in [4.78, 5) is 21.6. The van der Waals surface area contributed by atoms with Gasteiger partial charge in [0.05, 0.1) is 0 Å². The van der Waals surface area contributed by atoms with E-state index in [2.05, 4.69) is 65.0 Å². The first-order valence-electron chi connectivity index (χ1n) is 12.0. The van der Waals surface area contributed by atoms with Crippen molar-refractivity contribution < 1.29 is 24.2 Å². The minimum Gasteiger partial charge on any atom is -0.473 e. The number of hydrogen-bond acceptors (Lipinski definition) is 3. The molecule has 186 valence electrons. The van der Waals surface area contributed by atoms with Gasteiger partial charge in [-0.25, -0.2) is 14.0 Å². The summed E-state index contributed by atoms with van der Waals surface area (Å²) in [5, 5.41) is 20.0. The summed E-state index contributed by atoms with van der Waals surface area (Å²) in [6.45, 7) is 0.953. The lowest BCUT2D eigenvalue weighted by molar-refractivity contribution is -0.159. The van der Waals surface area contributed by atoms with Gasteiger partial charge >= 0.3 is 11.9 Å². The van der Waals surface area contributed by atoms with Gasteiger partial charge in [-0.1, -0.05) is 54.6 Å². The molecule has 7 heteroatoms. The Morgan fingerprint density at radius 2 is 1.64 bits per heavy atom. The van der Waals surface area contributed by atoms with Crippen molar-refractivity contribution in [1.29, 1.82) is 0 Å². The summed E-state index contributed by atoms with van der Waals surface area (Å²) >= 11 is 0. The van der Waals surface area contributed by atoms with E-state index in [1.54, 1.807) is 12.1 Å². The Labute approximate surface area is 208 Å². The van der Waals surface area contributed by atoms with Crippen molar-refractivity contribution in [3.63, 3.8) is 0 Å². The van der Waals surface area contributed by atoms with Crippen molar-refractivity contribution >= 4 is 22.8 Å². The van der Waals surface area contributed by atoms with Crippen molar-refractivity contribution in [2.75, 3.05) is 6.54 Å². The number of halogens is 1. The van der Waals surface area contributed by atoms with E-state index in [1.807, 2.05) is 12.1 Å². The summed E-state index contributed by atoms with van der Waals surface area (Å²) in [6.07, 6.45) is 6.32. The van der Waals surface area contributed by atoms with E-state index in [-0.39, 0.29) is 5.82 Å². The molecule has 1 aliphatic carbocycles. The van der Waals surface area contributed by atoms with Gasteiger partial charge in [-0.2, -0.15) is 0 Å². The highest BCUT2D eigenvalue weighted by molar-refractivity contribution is 6.27. The number of fused-ring (bicyclic) bond motifs is 2. The topological polar surface area (TPSA) is 102 Å². The van der Waals surface area contributed by atoms with Gasteiger partial charge in [0.1, 0.15) is 5.82 Å². The van der Waals surface area contributed by atoms with Gasteiger partial charge in [0, 0.05) is 29.1 Å². The molecule has 0 aliphatic heterocycles. The number of hydrogen-bond donors (Lipinski definition) is 4. The molecule has 4 aromatic rings. The van der Waals surface area contributed by atoms with Gasteiger partial charge < -0.3 is 20.5 Å². The van der Waals surface area contributed by atoms with Crippen LogP contribution in [-0.2, 0) is 28.9 Å². The Bertz CT molecular complexity index is 1320. The Kier molecular flexibility index (Phi) is 8.13. The average Bonchev–Trinajstić information content (AvgIpc) is 3.30. The van der Waals surface area contributed by atoms with E-state index >= 15 is 0 Å². The number of rotatable bonds is 6. The second-order valence-electron chi connectivity index (χ2n) is 8.95. The van der Waals surface area contributed by atoms with Crippen LogP contribution in [0.5, 0.6) is 0 Å². The second kappa shape index (κ2) is 11.6. The molecule has 4 N–H and O–H groups in total. The highest BCUT2D eigenvalue weighted by Crippen LogP contribution is 2.34. The highest BCUT2D eigenvalue weighted by atomic mass is 19.1. The van der Waals surface area contributed by atoms with Gasteiger partial charge in [-0.05, 0) is 72.7 Å². The number of benzene rings is 3. The first-order chi connectivity index (χ1) is 17.4. The maximum Gasteiger partial charge on any atom is 0.414 e. The molecule has 0 bridgehead atoms. The molecular formula is C29H29FN2O4. The molecule has 1 aliphatic rings. The summed E-state index contributed by atoms with van der Waals surface area (Å²) < 4.78 is 13.4. The fourth-order valence-corrected chi connectivity index (χ4v) is 4.95. The molecule has 5 rings (SSSR count). The van der Waals surface area contributed by atoms with Crippen LogP contribution in [0.15, 0.2) is 79.0 Å². The van der Waals surface area contributed by atoms with Gasteiger partial charge in [-0.3, -0.25) is 0 Å². The third-order valence-electron chi connectivity index (χ3n) is 6.69. The molecule has 0 amide bonds. The van der Waals surface area contributed by atoms with Crippen LogP contribution in [0.1, 0.15) is 34.6 Å². The Balaban J connectivity index is 0.000000455. The third kappa shape index (κ3) is 6.17. The van der Waals surface area contributed by atoms with Crippen molar-refractivity contribution in [3.8, 4) is 0 Å². The maximum atomic E-state index is 13.4. The lowest BCUT2D eigenvalue weighted by Crippen LogP contribution is -2.40. The van der Waals surface area contributed by atoms with Crippen LogP contribution >= 0.6 is 0 Å². The molecule has 0 saturated carbocycles. The lowest BCUT2D eigenvalue weighted by Gasteiger charge is -2.35. The molecule has 6 nitrogen and oxygen atoms in total. The maximum absolute atomic E-state index is 13.4. The molecule has 1 aromatic heterocycles. The number of carbonyl (C=O) groups is 2. The van der Waals surface area contributed by atoms with Crippen molar-refractivity contribution in [3.05, 3.63) is 107 Å². The Morgan fingerprint density at radius 3 is 2.39 bits per heavy atom. The summed E-state index contributed by atoms with van der Waals surface area (Å²) in [5.41, 5.74) is 6.66. The number of carboxylic acids is 2. The van der Waals surface area contributed by atoms with Crippen LogP contribution in [-0.4, -0.2) is 39.7 Å². The Morgan fingerprint density at radius 1 is 0.944 bits per heavy atom. The molecular weight excluding hydrogens is 459 g/mol. The number of aromatic nitrogens is 1. The molecule has 0 saturated heterocycles. The van der Waals surface area contributed by atoms with Crippen LogP contribution < -0.4 is 5.32 Å². The van der Waals surface area contributed by atoms with Gasteiger partial charge in [-0.15, -0.1) is 0 Å². The molecule has 0 unspecified atom stereocenters. The number of para-hydroxylation sites is 1. The summed E-state index contributed by atoms with van der Waals surface area (Å²) in [7, 11) is 0. The largest absolute Gasteiger partial charge is 0.473 e. The summed E-state index contributed by atoms with van der Waals surface area (Å²) in [5.74, 6) is -3.41. The van der Waals surface area contributed by atoms with E-state index in [1.165, 1.54) is 33.2 Å². The predicted octanol–water partition coefficient (Wildman–Crippen LogP) is 4.94. The number of carboxylic acid groups (broad SMARTS) is 2. The quantitative estimate of drug-likeness (QED) is 0.288. The number of nitrogens with one attached hydrogen (secondary N) is 2. The fraction of sp³-hybridized carbons (Fsp3) is 0.241. The van der Waals surface area contributed by atoms with E-state index in [4.69, 9.17) is 19.8 Å². The van der Waals surface area contributed by atoms with Crippen molar-refractivity contribution in [1.82, 2.24) is 10.3 Å². The Hall–Kier alpha value is -3.97. The number of aryl methyl sites for hydroxylation is 1. The minimum atomic E-state index is -1.82. The van der Waals surface area contributed by atoms with E-state index in [0.29, 0.717) is 12.0 Å².